The van der Waals surface area contributed by atoms with Gasteiger partial charge in [0.2, 0.25) is 11.9 Å². The molecule has 0 unspecified atom stereocenters. The lowest BCUT2D eigenvalue weighted by Gasteiger charge is -2.37. The number of hydrogen-bond acceptors (Lipinski definition) is 5. The normalized spacial score (nSPS) is 22.1. The highest BCUT2D eigenvalue weighted by molar-refractivity contribution is 7.17. The summed E-state index contributed by atoms with van der Waals surface area (Å²) < 4.78 is 0.648. The third-order valence-corrected chi connectivity index (χ3v) is 7.51. The van der Waals surface area contributed by atoms with Gasteiger partial charge in [0.25, 0.3) is 5.56 Å². The van der Waals surface area contributed by atoms with E-state index in [9.17, 15) is 9.59 Å². The monoisotopic (exact) mass is 436 g/mol. The number of carbonyl (C=O) groups is 1. The number of nitrogens with one attached hydrogen (secondary N) is 1. The molecular formula is C24H28N4O2S. The summed E-state index contributed by atoms with van der Waals surface area (Å²) in [4.78, 5) is 37.9. The minimum absolute atomic E-state index is 0.0314. The number of likely N-dealkylation sites (tertiary alicyclic amines) is 1. The number of thiophene rings is 1. The number of anilines is 1. The molecule has 1 N–H and O–H groups in total. The van der Waals surface area contributed by atoms with E-state index in [1.807, 2.05) is 40.6 Å². The lowest BCUT2D eigenvalue weighted by atomic mass is 9.94. The van der Waals surface area contributed by atoms with Gasteiger partial charge in [-0.2, -0.15) is 0 Å². The predicted molar refractivity (Wildman–Crippen MR) is 126 cm³/mol. The van der Waals surface area contributed by atoms with E-state index in [1.165, 1.54) is 17.8 Å². The van der Waals surface area contributed by atoms with Gasteiger partial charge >= 0.3 is 0 Å². The molecule has 4 heterocycles. The van der Waals surface area contributed by atoms with Crippen LogP contribution in [0.4, 0.5) is 5.95 Å². The molecule has 0 bridgehead atoms. The largest absolute Gasteiger partial charge is 0.342 e. The van der Waals surface area contributed by atoms with E-state index in [2.05, 4.69) is 16.8 Å². The maximum atomic E-state index is 13.2. The molecule has 3 aromatic rings. The number of rotatable bonds is 3. The number of fused-ring (bicyclic) bond motifs is 1. The van der Waals surface area contributed by atoms with Crippen LogP contribution in [0.1, 0.15) is 32.6 Å². The van der Waals surface area contributed by atoms with Gasteiger partial charge in [0.1, 0.15) is 4.70 Å². The highest BCUT2D eigenvalue weighted by atomic mass is 32.1. The second-order valence-electron chi connectivity index (χ2n) is 8.90. The fraction of sp³-hybridized carbons (Fsp3) is 0.458. The van der Waals surface area contributed by atoms with E-state index >= 15 is 0 Å². The zero-order valence-electron chi connectivity index (χ0n) is 17.8. The van der Waals surface area contributed by atoms with Gasteiger partial charge < -0.3 is 9.80 Å². The van der Waals surface area contributed by atoms with Gasteiger partial charge in [-0.25, -0.2) is 4.98 Å². The Labute approximate surface area is 185 Å². The lowest BCUT2D eigenvalue weighted by molar-refractivity contribution is -0.137. The molecule has 0 radical (unpaired) electrons. The first-order valence-corrected chi connectivity index (χ1v) is 12.1. The van der Waals surface area contributed by atoms with Gasteiger partial charge in [0.15, 0.2) is 0 Å². The van der Waals surface area contributed by atoms with Crippen LogP contribution >= 0.6 is 11.3 Å². The van der Waals surface area contributed by atoms with Gasteiger partial charge in [-0.15, -0.1) is 11.3 Å². The van der Waals surface area contributed by atoms with Gasteiger partial charge in [-0.05, 0) is 37.2 Å². The molecule has 31 heavy (non-hydrogen) atoms. The van der Waals surface area contributed by atoms with Crippen molar-refractivity contribution in [3.05, 3.63) is 46.1 Å². The molecule has 7 heteroatoms. The Balaban J connectivity index is 1.42. The van der Waals surface area contributed by atoms with E-state index in [1.54, 1.807) is 0 Å². The van der Waals surface area contributed by atoms with Crippen molar-refractivity contribution >= 4 is 33.4 Å². The SMILES string of the molecule is C[C@@H]1CCCN(C(=O)[C@@H]2CCCN(c3nc4c(-c5ccccc5)csc4c(=O)[nH]3)C2)C1. The molecule has 0 spiro atoms. The molecule has 0 aliphatic carbocycles. The number of aromatic nitrogens is 2. The number of carbonyl (C=O) groups excluding carboxylic acids is 1. The average molecular weight is 437 g/mol. The minimum atomic E-state index is -0.106. The van der Waals surface area contributed by atoms with Crippen molar-refractivity contribution < 1.29 is 4.79 Å². The first kappa shape index (κ1) is 20.2. The molecule has 162 valence electrons. The van der Waals surface area contributed by atoms with Crippen LogP contribution in [0, 0.1) is 11.8 Å². The topological polar surface area (TPSA) is 69.3 Å². The van der Waals surface area contributed by atoms with Crippen LogP contribution in [-0.4, -0.2) is 47.0 Å². The second kappa shape index (κ2) is 8.46. The first-order chi connectivity index (χ1) is 15.1. The highest BCUT2D eigenvalue weighted by Crippen LogP contribution is 2.32. The summed E-state index contributed by atoms with van der Waals surface area (Å²) in [6.07, 6.45) is 4.13. The maximum Gasteiger partial charge on any atom is 0.270 e. The van der Waals surface area contributed by atoms with Crippen LogP contribution < -0.4 is 10.5 Å². The van der Waals surface area contributed by atoms with E-state index < -0.39 is 0 Å². The van der Waals surface area contributed by atoms with Crippen molar-refractivity contribution in [2.45, 2.75) is 32.6 Å². The second-order valence-corrected chi connectivity index (χ2v) is 9.78. The third-order valence-electron chi connectivity index (χ3n) is 6.54. The first-order valence-electron chi connectivity index (χ1n) is 11.2. The van der Waals surface area contributed by atoms with Gasteiger partial charge in [-0.3, -0.25) is 14.6 Å². The number of piperidine rings is 2. The van der Waals surface area contributed by atoms with Crippen molar-refractivity contribution in [3.8, 4) is 11.1 Å². The van der Waals surface area contributed by atoms with Crippen molar-refractivity contribution in [3.63, 3.8) is 0 Å². The van der Waals surface area contributed by atoms with E-state index in [0.29, 0.717) is 23.1 Å². The van der Waals surface area contributed by atoms with Crippen molar-refractivity contribution in [1.82, 2.24) is 14.9 Å². The molecule has 2 aliphatic heterocycles. The Hall–Kier alpha value is -2.67. The number of amides is 1. The van der Waals surface area contributed by atoms with Crippen LogP contribution in [0.5, 0.6) is 0 Å². The molecule has 5 rings (SSSR count). The van der Waals surface area contributed by atoms with Crippen LogP contribution in [-0.2, 0) is 4.79 Å². The van der Waals surface area contributed by atoms with Crippen molar-refractivity contribution in [2.75, 3.05) is 31.1 Å². The third kappa shape index (κ3) is 3.99. The summed E-state index contributed by atoms with van der Waals surface area (Å²) in [6.45, 7) is 5.38. The van der Waals surface area contributed by atoms with Crippen LogP contribution in [0.25, 0.3) is 21.3 Å². The summed E-state index contributed by atoms with van der Waals surface area (Å²) in [5, 5.41) is 2.01. The predicted octanol–water partition coefficient (Wildman–Crippen LogP) is 4.13. The van der Waals surface area contributed by atoms with Gasteiger partial charge in [0, 0.05) is 37.1 Å². The molecule has 2 aliphatic rings. The number of aromatic amines is 1. The number of benzene rings is 1. The Morgan fingerprint density at radius 2 is 1.94 bits per heavy atom. The quantitative estimate of drug-likeness (QED) is 0.670. The Kier molecular flexibility index (Phi) is 5.52. The molecule has 2 fully saturated rings. The van der Waals surface area contributed by atoms with E-state index in [0.717, 1.165) is 55.5 Å². The lowest BCUT2D eigenvalue weighted by Crippen LogP contribution is -2.48. The fourth-order valence-electron chi connectivity index (χ4n) is 4.91. The van der Waals surface area contributed by atoms with Crippen LogP contribution in [0.3, 0.4) is 0 Å². The molecule has 1 amide bonds. The summed E-state index contributed by atoms with van der Waals surface area (Å²) in [7, 11) is 0. The summed E-state index contributed by atoms with van der Waals surface area (Å²) >= 11 is 1.43. The minimum Gasteiger partial charge on any atom is -0.342 e. The zero-order chi connectivity index (χ0) is 21.4. The maximum absolute atomic E-state index is 13.2. The average Bonchev–Trinajstić information content (AvgIpc) is 3.24. The molecule has 6 nitrogen and oxygen atoms in total. The molecule has 2 aromatic heterocycles. The van der Waals surface area contributed by atoms with E-state index in [-0.39, 0.29) is 17.4 Å². The van der Waals surface area contributed by atoms with Crippen LogP contribution in [0.15, 0.2) is 40.5 Å². The number of nitrogens with zero attached hydrogens (tertiary/aromatic N) is 3. The zero-order valence-corrected chi connectivity index (χ0v) is 18.7. The van der Waals surface area contributed by atoms with E-state index in [4.69, 9.17) is 4.98 Å². The molecule has 0 saturated carbocycles. The molecule has 1 aromatic carbocycles. The Morgan fingerprint density at radius 3 is 2.74 bits per heavy atom. The summed E-state index contributed by atoms with van der Waals surface area (Å²) in [6, 6.07) is 10.1. The van der Waals surface area contributed by atoms with Gasteiger partial charge in [0.05, 0.1) is 11.4 Å². The Bertz CT molecular complexity index is 1140. The number of H-pyrrole nitrogens is 1. The molecule has 2 saturated heterocycles. The highest BCUT2D eigenvalue weighted by Gasteiger charge is 2.32. The molecular weight excluding hydrogens is 408 g/mol. The van der Waals surface area contributed by atoms with Crippen molar-refractivity contribution in [2.24, 2.45) is 11.8 Å². The smallest absolute Gasteiger partial charge is 0.270 e. The summed E-state index contributed by atoms with van der Waals surface area (Å²) in [5.41, 5.74) is 2.68. The Morgan fingerprint density at radius 1 is 1.13 bits per heavy atom. The van der Waals surface area contributed by atoms with Gasteiger partial charge in [-0.1, -0.05) is 37.3 Å². The fourth-order valence-corrected chi connectivity index (χ4v) is 5.82. The molecule has 2 atom stereocenters. The number of hydrogen-bond donors (Lipinski definition) is 1. The van der Waals surface area contributed by atoms with Crippen molar-refractivity contribution in [1.29, 1.82) is 0 Å². The standard InChI is InChI=1S/C24H28N4O2S/c1-16-7-5-11-27(13-16)23(30)18-10-6-12-28(14-18)24-25-20-19(17-8-3-2-4-9-17)15-31-21(20)22(29)26-24/h2-4,8-9,15-16,18H,5-7,10-14H2,1H3,(H,25,26,29)/t16-,18-/m1/s1. The van der Waals surface area contributed by atoms with Crippen LogP contribution in [0.2, 0.25) is 0 Å². The summed E-state index contributed by atoms with van der Waals surface area (Å²) in [5.74, 6) is 1.39.